The zero-order chi connectivity index (χ0) is 8.39. The fraction of sp³-hybridized carbons (Fsp3) is 0.273. The zero-order valence-electron chi connectivity index (χ0n) is 6.99. The molecule has 1 fully saturated rings. The Hall–Kier alpha value is -1.24. The highest BCUT2D eigenvalue weighted by atomic mass is 16.5. The van der Waals surface area contributed by atoms with Crippen LogP contribution in [-0.2, 0) is 0 Å². The molecule has 1 saturated carbocycles. The molecule has 1 nitrogen and oxygen atoms in total. The number of benzene rings is 1. The van der Waals surface area contributed by atoms with Crippen LogP contribution in [0.15, 0.2) is 30.8 Å². The van der Waals surface area contributed by atoms with Crippen LogP contribution in [0.5, 0.6) is 5.75 Å². The van der Waals surface area contributed by atoms with E-state index in [1.54, 1.807) is 0 Å². The van der Waals surface area contributed by atoms with Crippen molar-refractivity contribution in [3.63, 3.8) is 0 Å². The molecule has 0 unspecified atom stereocenters. The van der Waals surface area contributed by atoms with Crippen molar-refractivity contribution in [2.45, 2.75) is 18.9 Å². The highest BCUT2D eigenvalue weighted by Crippen LogP contribution is 2.29. The summed E-state index contributed by atoms with van der Waals surface area (Å²) in [5.74, 6) is 0.968. The molecule has 0 saturated heterocycles. The third-order valence-electron chi connectivity index (χ3n) is 1.96. The molecule has 1 heteroatoms. The Morgan fingerprint density at radius 3 is 2.75 bits per heavy atom. The summed E-state index contributed by atoms with van der Waals surface area (Å²) in [6, 6.07) is 8.00. The van der Waals surface area contributed by atoms with Gasteiger partial charge in [-0.05, 0) is 18.9 Å². The standard InChI is InChI=1S/C11H12O/c1-2-9-5-3-4-6-11(9)12-10-7-8-10/h2-6,10H,1,7-8H2. The summed E-state index contributed by atoms with van der Waals surface area (Å²) in [5, 5.41) is 0. The molecule has 12 heavy (non-hydrogen) atoms. The summed E-state index contributed by atoms with van der Waals surface area (Å²) >= 11 is 0. The Morgan fingerprint density at radius 2 is 2.08 bits per heavy atom. The summed E-state index contributed by atoms with van der Waals surface area (Å²) in [5.41, 5.74) is 1.09. The van der Waals surface area contributed by atoms with Gasteiger partial charge in [-0.2, -0.15) is 0 Å². The number of hydrogen-bond acceptors (Lipinski definition) is 1. The van der Waals surface area contributed by atoms with E-state index in [0.29, 0.717) is 6.10 Å². The van der Waals surface area contributed by atoms with Crippen molar-refractivity contribution >= 4 is 6.08 Å². The number of para-hydroxylation sites is 1. The molecule has 0 spiro atoms. The second kappa shape index (κ2) is 3.02. The van der Waals surface area contributed by atoms with Gasteiger partial charge in [0.2, 0.25) is 0 Å². The summed E-state index contributed by atoms with van der Waals surface area (Å²) in [6.45, 7) is 3.74. The molecule has 0 heterocycles. The van der Waals surface area contributed by atoms with Crippen LogP contribution in [0.2, 0.25) is 0 Å². The summed E-state index contributed by atoms with van der Waals surface area (Å²) in [7, 11) is 0. The maximum Gasteiger partial charge on any atom is 0.126 e. The molecular formula is C11H12O. The van der Waals surface area contributed by atoms with Gasteiger partial charge in [-0.25, -0.2) is 0 Å². The largest absolute Gasteiger partial charge is 0.490 e. The van der Waals surface area contributed by atoms with Crippen LogP contribution < -0.4 is 4.74 Å². The summed E-state index contributed by atoms with van der Waals surface area (Å²) in [6.07, 6.45) is 4.69. The Kier molecular flexibility index (Phi) is 1.86. The predicted molar refractivity (Wildman–Crippen MR) is 50.2 cm³/mol. The SMILES string of the molecule is C=Cc1ccccc1OC1CC1. The van der Waals surface area contributed by atoms with Gasteiger partial charge in [0.25, 0.3) is 0 Å². The highest BCUT2D eigenvalue weighted by Gasteiger charge is 2.23. The molecule has 0 radical (unpaired) electrons. The lowest BCUT2D eigenvalue weighted by molar-refractivity contribution is 0.302. The van der Waals surface area contributed by atoms with Crippen LogP contribution >= 0.6 is 0 Å². The quantitative estimate of drug-likeness (QED) is 0.660. The Morgan fingerprint density at radius 1 is 1.33 bits per heavy atom. The molecule has 2 rings (SSSR count). The number of ether oxygens (including phenoxy) is 1. The lowest BCUT2D eigenvalue weighted by Gasteiger charge is -2.06. The predicted octanol–water partition coefficient (Wildman–Crippen LogP) is 2.87. The highest BCUT2D eigenvalue weighted by molar-refractivity contribution is 5.55. The van der Waals surface area contributed by atoms with Crippen LogP contribution in [0.1, 0.15) is 18.4 Å². The number of hydrogen-bond donors (Lipinski definition) is 0. The monoisotopic (exact) mass is 160 g/mol. The fourth-order valence-electron chi connectivity index (χ4n) is 1.12. The van der Waals surface area contributed by atoms with E-state index in [0.717, 1.165) is 11.3 Å². The van der Waals surface area contributed by atoms with Gasteiger partial charge >= 0.3 is 0 Å². The maximum atomic E-state index is 5.68. The Bertz CT molecular complexity index is 287. The fourth-order valence-corrected chi connectivity index (χ4v) is 1.12. The van der Waals surface area contributed by atoms with Crippen molar-refractivity contribution in [3.05, 3.63) is 36.4 Å². The molecular weight excluding hydrogens is 148 g/mol. The first-order chi connectivity index (χ1) is 5.90. The normalized spacial score (nSPS) is 15.7. The zero-order valence-corrected chi connectivity index (χ0v) is 6.99. The third kappa shape index (κ3) is 1.50. The lowest BCUT2D eigenvalue weighted by atomic mass is 10.2. The van der Waals surface area contributed by atoms with Crippen molar-refractivity contribution in [3.8, 4) is 5.75 Å². The molecule has 0 amide bonds. The average molecular weight is 160 g/mol. The molecule has 0 aliphatic heterocycles. The van der Waals surface area contributed by atoms with E-state index >= 15 is 0 Å². The minimum atomic E-state index is 0.464. The van der Waals surface area contributed by atoms with E-state index in [1.807, 2.05) is 30.3 Å². The van der Waals surface area contributed by atoms with Crippen LogP contribution in [0.25, 0.3) is 6.08 Å². The molecule has 62 valence electrons. The van der Waals surface area contributed by atoms with E-state index in [9.17, 15) is 0 Å². The second-order valence-corrected chi connectivity index (χ2v) is 3.06. The third-order valence-corrected chi connectivity index (χ3v) is 1.96. The van der Waals surface area contributed by atoms with Gasteiger partial charge in [0.1, 0.15) is 5.75 Å². The van der Waals surface area contributed by atoms with Crippen molar-refractivity contribution < 1.29 is 4.74 Å². The second-order valence-electron chi connectivity index (χ2n) is 3.06. The van der Waals surface area contributed by atoms with Gasteiger partial charge in [0, 0.05) is 5.56 Å². The molecule has 1 aromatic rings. The first kappa shape index (κ1) is 7.41. The van der Waals surface area contributed by atoms with E-state index in [-0.39, 0.29) is 0 Å². The van der Waals surface area contributed by atoms with Crippen LogP contribution in [0, 0.1) is 0 Å². The minimum absolute atomic E-state index is 0.464. The van der Waals surface area contributed by atoms with Crippen LogP contribution in [0.3, 0.4) is 0 Å². The molecule has 1 aliphatic carbocycles. The van der Waals surface area contributed by atoms with E-state index in [2.05, 4.69) is 6.58 Å². The Labute approximate surface area is 72.7 Å². The summed E-state index contributed by atoms with van der Waals surface area (Å²) in [4.78, 5) is 0. The smallest absolute Gasteiger partial charge is 0.126 e. The average Bonchev–Trinajstić information content (AvgIpc) is 2.89. The molecule has 0 atom stereocenters. The van der Waals surface area contributed by atoms with Crippen molar-refractivity contribution in [2.24, 2.45) is 0 Å². The first-order valence-electron chi connectivity index (χ1n) is 4.28. The minimum Gasteiger partial charge on any atom is -0.490 e. The van der Waals surface area contributed by atoms with Gasteiger partial charge in [-0.3, -0.25) is 0 Å². The topological polar surface area (TPSA) is 9.23 Å². The molecule has 0 N–H and O–H groups in total. The first-order valence-corrected chi connectivity index (χ1v) is 4.28. The molecule has 0 bridgehead atoms. The van der Waals surface area contributed by atoms with E-state index in [4.69, 9.17) is 4.74 Å². The van der Waals surface area contributed by atoms with Gasteiger partial charge in [0.05, 0.1) is 6.10 Å². The van der Waals surface area contributed by atoms with Crippen molar-refractivity contribution in [1.82, 2.24) is 0 Å². The molecule has 1 aliphatic rings. The van der Waals surface area contributed by atoms with Crippen LogP contribution in [0.4, 0.5) is 0 Å². The number of rotatable bonds is 3. The van der Waals surface area contributed by atoms with E-state index < -0.39 is 0 Å². The van der Waals surface area contributed by atoms with Crippen molar-refractivity contribution in [2.75, 3.05) is 0 Å². The van der Waals surface area contributed by atoms with Crippen molar-refractivity contribution in [1.29, 1.82) is 0 Å². The lowest BCUT2D eigenvalue weighted by Crippen LogP contribution is -1.96. The van der Waals surface area contributed by atoms with Gasteiger partial charge in [0.15, 0.2) is 0 Å². The van der Waals surface area contributed by atoms with Gasteiger partial charge in [-0.15, -0.1) is 0 Å². The Balaban J connectivity index is 2.20. The van der Waals surface area contributed by atoms with Gasteiger partial charge in [-0.1, -0.05) is 30.9 Å². The molecule has 0 aromatic heterocycles. The van der Waals surface area contributed by atoms with Crippen LogP contribution in [-0.4, -0.2) is 6.10 Å². The maximum absolute atomic E-state index is 5.68. The van der Waals surface area contributed by atoms with E-state index in [1.165, 1.54) is 12.8 Å². The van der Waals surface area contributed by atoms with Gasteiger partial charge < -0.3 is 4.74 Å². The molecule has 1 aromatic carbocycles. The summed E-state index contributed by atoms with van der Waals surface area (Å²) < 4.78 is 5.68.